The zero-order valence-corrected chi connectivity index (χ0v) is 8.56. The highest BCUT2D eigenvalue weighted by Crippen LogP contribution is 2.21. The molecule has 2 nitrogen and oxygen atoms in total. The van der Waals surface area contributed by atoms with Gasteiger partial charge in [-0.05, 0) is 6.07 Å². The molecule has 0 aliphatic rings. The van der Waals surface area contributed by atoms with Crippen molar-refractivity contribution in [1.82, 2.24) is 4.98 Å². The first-order valence-electron chi connectivity index (χ1n) is 3.28. The molecular formula is C8H7BrClNO. The van der Waals surface area contributed by atoms with Crippen LogP contribution >= 0.6 is 28.3 Å². The van der Waals surface area contributed by atoms with Crippen molar-refractivity contribution in [2.75, 3.05) is 0 Å². The lowest BCUT2D eigenvalue weighted by Gasteiger charge is -1.87. The van der Waals surface area contributed by atoms with Crippen molar-refractivity contribution in [3.63, 3.8) is 0 Å². The van der Waals surface area contributed by atoms with Gasteiger partial charge in [-0.3, -0.25) is 4.98 Å². The van der Waals surface area contributed by atoms with Crippen molar-refractivity contribution < 1.29 is 4.42 Å². The summed E-state index contributed by atoms with van der Waals surface area (Å²) in [7, 11) is 0. The SMILES string of the molecule is BrCc1coc2ccncc12.Cl. The van der Waals surface area contributed by atoms with Gasteiger partial charge in [0.15, 0.2) is 0 Å². The number of nitrogens with zero attached hydrogens (tertiary/aromatic N) is 1. The summed E-state index contributed by atoms with van der Waals surface area (Å²) >= 11 is 3.37. The van der Waals surface area contributed by atoms with Crippen LogP contribution in [0.2, 0.25) is 0 Å². The molecule has 0 fully saturated rings. The monoisotopic (exact) mass is 247 g/mol. The summed E-state index contributed by atoms with van der Waals surface area (Å²) in [5.41, 5.74) is 2.04. The second-order valence-electron chi connectivity index (χ2n) is 2.27. The third-order valence-electron chi connectivity index (χ3n) is 1.60. The lowest BCUT2D eigenvalue weighted by molar-refractivity contribution is 0.612. The summed E-state index contributed by atoms with van der Waals surface area (Å²) in [5.74, 6) is 0. The Morgan fingerprint density at radius 3 is 3.08 bits per heavy atom. The Balaban J connectivity index is 0.000000720. The highest BCUT2D eigenvalue weighted by molar-refractivity contribution is 9.08. The number of hydrogen-bond donors (Lipinski definition) is 0. The van der Waals surface area contributed by atoms with Gasteiger partial charge in [-0.1, -0.05) is 15.9 Å². The molecule has 0 spiro atoms. The first kappa shape index (κ1) is 9.55. The van der Waals surface area contributed by atoms with Crippen LogP contribution in [0.1, 0.15) is 5.56 Å². The zero-order chi connectivity index (χ0) is 7.68. The number of furan rings is 1. The van der Waals surface area contributed by atoms with E-state index < -0.39 is 0 Å². The van der Waals surface area contributed by atoms with Crippen LogP contribution in [-0.2, 0) is 5.33 Å². The minimum absolute atomic E-state index is 0. The quantitative estimate of drug-likeness (QED) is 0.725. The number of halogens is 2. The molecule has 2 rings (SSSR count). The summed E-state index contributed by atoms with van der Waals surface area (Å²) in [6.07, 6.45) is 5.29. The molecule has 0 unspecified atom stereocenters. The van der Waals surface area contributed by atoms with E-state index in [1.165, 1.54) is 0 Å². The molecule has 2 heterocycles. The number of aromatic nitrogens is 1. The van der Waals surface area contributed by atoms with Crippen molar-refractivity contribution in [2.24, 2.45) is 0 Å². The standard InChI is InChI=1S/C8H6BrNO.ClH/c9-3-6-5-11-8-1-2-10-4-7(6)8;/h1-2,4-5H,3H2;1H. The molecule has 0 amide bonds. The smallest absolute Gasteiger partial charge is 0.137 e. The van der Waals surface area contributed by atoms with E-state index in [1.54, 1.807) is 12.5 Å². The molecule has 0 saturated carbocycles. The maximum Gasteiger partial charge on any atom is 0.137 e. The summed E-state index contributed by atoms with van der Waals surface area (Å²) in [5, 5.41) is 1.90. The van der Waals surface area contributed by atoms with E-state index in [1.807, 2.05) is 12.3 Å². The molecule has 0 N–H and O–H groups in total. The van der Waals surface area contributed by atoms with Crippen LogP contribution < -0.4 is 0 Å². The van der Waals surface area contributed by atoms with E-state index in [0.29, 0.717) is 0 Å². The van der Waals surface area contributed by atoms with Gasteiger partial charge in [-0.25, -0.2) is 0 Å². The van der Waals surface area contributed by atoms with E-state index in [0.717, 1.165) is 21.9 Å². The summed E-state index contributed by atoms with van der Waals surface area (Å²) in [4.78, 5) is 4.01. The fourth-order valence-electron chi connectivity index (χ4n) is 1.03. The predicted molar refractivity (Wildman–Crippen MR) is 53.9 cm³/mol. The van der Waals surface area contributed by atoms with Crippen molar-refractivity contribution in [3.05, 3.63) is 30.3 Å². The average Bonchev–Trinajstić information content (AvgIpc) is 2.47. The number of hydrogen-bond acceptors (Lipinski definition) is 2. The Bertz CT molecular complexity index is 374. The van der Waals surface area contributed by atoms with Gasteiger partial charge in [0.25, 0.3) is 0 Å². The average molecular weight is 249 g/mol. The third kappa shape index (κ3) is 1.47. The van der Waals surface area contributed by atoms with Crippen LogP contribution in [0.5, 0.6) is 0 Å². The molecule has 0 aliphatic heterocycles. The second kappa shape index (κ2) is 3.92. The molecule has 0 bridgehead atoms. The van der Waals surface area contributed by atoms with E-state index in [4.69, 9.17) is 4.42 Å². The van der Waals surface area contributed by atoms with Crippen molar-refractivity contribution in [2.45, 2.75) is 5.33 Å². The normalized spacial score (nSPS) is 9.75. The molecule has 12 heavy (non-hydrogen) atoms. The fraction of sp³-hybridized carbons (Fsp3) is 0.125. The van der Waals surface area contributed by atoms with Gasteiger partial charge in [-0.15, -0.1) is 12.4 Å². The molecule has 0 radical (unpaired) electrons. The Labute approximate surface area is 84.5 Å². The van der Waals surface area contributed by atoms with Gasteiger partial charge in [0.1, 0.15) is 5.58 Å². The first-order chi connectivity index (χ1) is 5.42. The minimum atomic E-state index is 0. The van der Waals surface area contributed by atoms with Crippen LogP contribution in [0.25, 0.3) is 11.0 Å². The zero-order valence-electron chi connectivity index (χ0n) is 6.16. The number of alkyl halides is 1. The van der Waals surface area contributed by atoms with Crippen LogP contribution in [0.15, 0.2) is 29.1 Å². The van der Waals surface area contributed by atoms with E-state index >= 15 is 0 Å². The Hall–Kier alpha value is -0.540. The molecular weight excluding hydrogens is 241 g/mol. The van der Waals surface area contributed by atoms with Crippen LogP contribution in [-0.4, -0.2) is 4.98 Å². The van der Waals surface area contributed by atoms with E-state index in [9.17, 15) is 0 Å². The Morgan fingerprint density at radius 2 is 2.33 bits per heavy atom. The molecule has 0 saturated heterocycles. The first-order valence-corrected chi connectivity index (χ1v) is 4.40. The van der Waals surface area contributed by atoms with Crippen LogP contribution in [0.3, 0.4) is 0 Å². The topological polar surface area (TPSA) is 26.0 Å². The molecule has 2 aromatic heterocycles. The van der Waals surface area contributed by atoms with Gasteiger partial charge in [-0.2, -0.15) is 0 Å². The minimum Gasteiger partial charge on any atom is -0.464 e. The molecule has 0 atom stereocenters. The van der Waals surface area contributed by atoms with Gasteiger partial charge >= 0.3 is 0 Å². The maximum absolute atomic E-state index is 5.27. The summed E-state index contributed by atoms with van der Waals surface area (Å²) in [6, 6.07) is 1.86. The largest absolute Gasteiger partial charge is 0.464 e. The van der Waals surface area contributed by atoms with E-state index in [2.05, 4.69) is 20.9 Å². The lowest BCUT2D eigenvalue weighted by atomic mass is 10.2. The number of pyridine rings is 1. The lowest BCUT2D eigenvalue weighted by Crippen LogP contribution is -1.73. The van der Waals surface area contributed by atoms with Crippen molar-refractivity contribution in [3.8, 4) is 0 Å². The summed E-state index contributed by atoms with van der Waals surface area (Å²) < 4.78 is 5.27. The molecule has 0 aromatic carbocycles. The fourth-order valence-corrected chi connectivity index (χ4v) is 1.46. The molecule has 64 valence electrons. The second-order valence-corrected chi connectivity index (χ2v) is 2.83. The van der Waals surface area contributed by atoms with Crippen molar-refractivity contribution in [1.29, 1.82) is 0 Å². The molecule has 4 heteroatoms. The predicted octanol–water partition coefficient (Wildman–Crippen LogP) is 3.14. The maximum atomic E-state index is 5.27. The van der Waals surface area contributed by atoms with Gasteiger partial charge in [0.05, 0.1) is 6.26 Å². The summed E-state index contributed by atoms with van der Waals surface area (Å²) in [6.45, 7) is 0. The Morgan fingerprint density at radius 1 is 1.50 bits per heavy atom. The highest BCUT2D eigenvalue weighted by Gasteiger charge is 2.02. The third-order valence-corrected chi connectivity index (χ3v) is 2.20. The molecule has 2 aromatic rings. The highest BCUT2D eigenvalue weighted by atomic mass is 79.9. The Kier molecular flexibility index (Phi) is 3.12. The van der Waals surface area contributed by atoms with Gasteiger partial charge < -0.3 is 4.42 Å². The van der Waals surface area contributed by atoms with Gasteiger partial charge in [0, 0.05) is 28.7 Å². The molecule has 0 aliphatic carbocycles. The van der Waals surface area contributed by atoms with E-state index in [-0.39, 0.29) is 12.4 Å². The van der Waals surface area contributed by atoms with Crippen LogP contribution in [0.4, 0.5) is 0 Å². The number of fused-ring (bicyclic) bond motifs is 1. The van der Waals surface area contributed by atoms with Gasteiger partial charge in [0.2, 0.25) is 0 Å². The van der Waals surface area contributed by atoms with Crippen molar-refractivity contribution >= 4 is 39.3 Å². The number of rotatable bonds is 1. The van der Waals surface area contributed by atoms with Crippen LogP contribution in [0, 0.1) is 0 Å².